The molecule has 1 atom stereocenters. The lowest BCUT2D eigenvalue weighted by Crippen LogP contribution is -2.56. The third-order valence-corrected chi connectivity index (χ3v) is 2.83. The number of hydrogen-bond acceptors (Lipinski definition) is 5. The molecule has 0 radical (unpaired) electrons. The van der Waals surface area contributed by atoms with Gasteiger partial charge in [0.05, 0.1) is 18.3 Å². The second kappa shape index (κ2) is 5.16. The van der Waals surface area contributed by atoms with Gasteiger partial charge in [0, 0.05) is 13.1 Å². The molecule has 0 aromatic heterocycles. The zero-order valence-electron chi connectivity index (χ0n) is 10.7. The van der Waals surface area contributed by atoms with E-state index in [4.69, 9.17) is 14.2 Å². The summed E-state index contributed by atoms with van der Waals surface area (Å²) < 4.78 is 16.0. The highest BCUT2D eigenvalue weighted by atomic mass is 16.6. The van der Waals surface area contributed by atoms with Crippen LogP contribution in [0, 0.1) is 0 Å². The monoisotopic (exact) mass is 257 g/mol. The van der Waals surface area contributed by atoms with E-state index in [2.05, 4.69) is 0 Å². The lowest BCUT2D eigenvalue weighted by Gasteiger charge is -2.42. The Morgan fingerprint density at radius 2 is 2.33 bits per heavy atom. The van der Waals surface area contributed by atoms with Crippen LogP contribution in [-0.2, 0) is 19.0 Å². The maximum Gasteiger partial charge on any atom is 0.292 e. The second-order valence-corrected chi connectivity index (χ2v) is 5.07. The fraction of sp³-hybridized carbons (Fsp3) is 0.750. The molecule has 0 aromatic rings. The largest absolute Gasteiger partial charge is 0.494 e. The molecule has 1 fully saturated rings. The Bertz CT molecular complexity index is 352. The molecule has 0 saturated carbocycles. The molecular formula is C12H19NO5. The van der Waals surface area contributed by atoms with E-state index in [1.165, 1.54) is 6.26 Å². The maximum atomic E-state index is 12.2. The Morgan fingerprint density at radius 3 is 2.94 bits per heavy atom. The summed E-state index contributed by atoms with van der Waals surface area (Å²) in [6.45, 7) is 5.34. The molecule has 0 bridgehead atoms. The topological polar surface area (TPSA) is 68.2 Å². The number of hydrogen-bond donors (Lipinski definition) is 1. The minimum atomic E-state index is -0.475. The van der Waals surface area contributed by atoms with Crippen LogP contribution in [0.1, 0.15) is 13.8 Å². The summed E-state index contributed by atoms with van der Waals surface area (Å²) in [6, 6.07) is 0. The third-order valence-electron chi connectivity index (χ3n) is 2.83. The summed E-state index contributed by atoms with van der Waals surface area (Å²) in [7, 11) is 0. The van der Waals surface area contributed by atoms with Gasteiger partial charge in [0.1, 0.15) is 19.5 Å². The fourth-order valence-corrected chi connectivity index (χ4v) is 2.18. The predicted octanol–water partition coefficient (Wildman–Crippen LogP) is -0.127. The average molecular weight is 257 g/mol. The van der Waals surface area contributed by atoms with E-state index in [0.29, 0.717) is 26.3 Å². The highest BCUT2D eigenvalue weighted by Crippen LogP contribution is 2.22. The van der Waals surface area contributed by atoms with Crippen molar-refractivity contribution in [3.8, 4) is 0 Å². The van der Waals surface area contributed by atoms with E-state index in [-0.39, 0.29) is 24.4 Å². The van der Waals surface area contributed by atoms with Gasteiger partial charge in [-0.25, -0.2) is 0 Å². The summed E-state index contributed by atoms with van der Waals surface area (Å²) in [5.74, 6) is 0.000153. The van der Waals surface area contributed by atoms with Gasteiger partial charge in [-0.3, -0.25) is 4.79 Å². The minimum absolute atomic E-state index is 0.108. The quantitative estimate of drug-likeness (QED) is 0.746. The standard InChI is InChI=1S/C12H19NO5/c1-12(2)8-13(5-9(6-14)18-12)11(15)10-7-16-3-4-17-10/h7,9,14H,3-6,8H2,1-2H3. The molecule has 6 nitrogen and oxygen atoms in total. The molecule has 2 rings (SSSR count). The molecule has 1 amide bonds. The molecule has 2 aliphatic rings. The SMILES string of the molecule is CC1(C)CN(C(=O)C2=COCCO2)CC(CO)O1. The molecule has 0 spiro atoms. The Balaban J connectivity index is 2.07. The van der Waals surface area contributed by atoms with E-state index >= 15 is 0 Å². The van der Waals surface area contributed by atoms with Crippen molar-refractivity contribution in [3.05, 3.63) is 12.0 Å². The van der Waals surface area contributed by atoms with Gasteiger partial charge in [-0.1, -0.05) is 0 Å². The van der Waals surface area contributed by atoms with Gasteiger partial charge >= 0.3 is 0 Å². The van der Waals surface area contributed by atoms with Crippen LogP contribution in [0.3, 0.4) is 0 Å². The van der Waals surface area contributed by atoms with Gasteiger partial charge in [-0.2, -0.15) is 0 Å². The van der Waals surface area contributed by atoms with Crippen LogP contribution >= 0.6 is 0 Å². The van der Waals surface area contributed by atoms with Crippen LogP contribution in [-0.4, -0.2) is 60.5 Å². The van der Waals surface area contributed by atoms with E-state index < -0.39 is 5.60 Å². The first-order valence-corrected chi connectivity index (χ1v) is 6.04. The second-order valence-electron chi connectivity index (χ2n) is 5.07. The first-order valence-electron chi connectivity index (χ1n) is 6.04. The first kappa shape index (κ1) is 13.2. The van der Waals surface area contributed by atoms with E-state index in [1.807, 2.05) is 13.8 Å². The van der Waals surface area contributed by atoms with Crippen LogP contribution in [0.15, 0.2) is 12.0 Å². The first-order chi connectivity index (χ1) is 8.52. The van der Waals surface area contributed by atoms with Crippen molar-refractivity contribution in [1.29, 1.82) is 0 Å². The summed E-state index contributed by atoms with van der Waals surface area (Å²) in [5.41, 5.74) is -0.475. The molecule has 2 aliphatic heterocycles. The number of rotatable bonds is 2. The number of nitrogens with zero attached hydrogens (tertiary/aromatic N) is 1. The molecule has 102 valence electrons. The molecule has 0 aromatic carbocycles. The van der Waals surface area contributed by atoms with E-state index in [9.17, 15) is 9.90 Å². The summed E-state index contributed by atoms with van der Waals surface area (Å²) in [4.78, 5) is 13.8. The number of amides is 1. The molecule has 1 unspecified atom stereocenters. The van der Waals surface area contributed by atoms with Crippen molar-refractivity contribution in [2.24, 2.45) is 0 Å². The van der Waals surface area contributed by atoms with Gasteiger partial charge in [0.15, 0.2) is 0 Å². The molecular weight excluding hydrogens is 238 g/mol. The number of carbonyl (C=O) groups excluding carboxylic acids is 1. The number of morpholine rings is 1. The van der Waals surface area contributed by atoms with E-state index in [0.717, 1.165) is 0 Å². The van der Waals surface area contributed by atoms with Gasteiger partial charge < -0.3 is 24.2 Å². The summed E-state index contributed by atoms with van der Waals surface area (Å²) >= 11 is 0. The van der Waals surface area contributed by atoms with Crippen LogP contribution in [0.4, 0.5) is 0 Å². The lowest BCUT2D eigenvalue weighted by atomic mass is 10.1. The van der Waals surface area contributed by atoms with Crippen LogP contribution < -0.4 is 0 Å². The zero-order valence-corrected chi connectivity index (χ0v) is 10.7. The van der Waals surface area contributed by atoms with Gasteiger partial charge in [0.25, 0.3) is 5.91 Å². The van der Waals surface area contributed by atoms with Crippen LogP contribution in [0.25, 0.3) is 0 Å². The van der Waals surface area contributed by atoms with Gasteiger partial charge in [-0.15, -0.1) is 0 Å². The van der Waals surface area contributed by atoms with Gasteiger partial charge in [0.2, 0.25) is 5.76 Å². The fourth-order valence-electron chi connectivity index (χ4n) is 2.18. The van der Waals surface area contributed by atoms with Crippen LogP contribution in [0.2, 0.25) is 0 Å². The number of carbonyl (C=O) groups is 1. The van der Waals surface area contributed by atoms with Gasteiger partial charge in [-0.05, 0) is 13.8 Å². The molecule has 6 heteroatoms. The number of aliphatic hydroxyl groups excluding tert-OH is 1. The molecule has 18 heavy (non-hydrogen) atoms. The van der Waals surface area contributed by atoms with Crippen molar-refractivity contribution in [2.75, 3.05) is 32.9 Å². The molecule has 0 aliphatic carbocycles. The van der Waals surface area contributed by atoms with E-state index in [1.54, 1.807) is 4.90 Å². The van der Waals surface area contributed by atoms with Crippen molar-refractivity contribution >= 4 is 5.91 Å². The third kappa shape index (κ3) is 2.94. The Morgan fingerprint density at radius 1 is 1.56 bits per heavy atom. The smallest absolute Gasteiger partial charge is 0.292 e. The summed E-state index contributed by atoms with van der Waals surface area (Å²) in [5, 5.41) is 9.20. The number of ether oxygens (including phenoxy) is 3. The lowest BCUT2D eigenvalue weighted by molar-refractivity contribution is -0.167. The Labute approximate surface area is 106 Å². The Kier molecular flexibility index (Phi) is 3.77. The highest BCUT2D eigenvalue weighted by molar-refractivity contribution is 5.91. The van der Waals surface area contributed by atoms with Crippen molar-refractivity contribution in [1.82, 2.24) is 4.90 Å². The number of aliphatic hydroxyl groups is 1. The molecule has 2 heterocycles. The van der Waals surface area contributed by atoms with Crippen molar-refractivity contribution in [3.63, 3.8) is 0 Å². The minimum Gasteiger partial charge on any atom is -0.494 e. The maximum absolute atomic E-state index is 12.2. The predicted molar refractivity (Wildman–Crippen MR) is 62.6 cm³/mol. The Hall–Kier alpha value is -1.27. The normalized spacial score (nSPS) is 26.9. The van der Waals surface area contributed by atoms with Crippen molar-refractivity contribution < 1.29 is 24.1 Å². The highest BCUT2D eigenvalue weighted by Gasteiger charge is 2.37. The summed E-state index contributed by atoms with van der Waals surface area (Å²) in [6.07, 6.45) is 0.991. The van der Waals surface area contributed by atoms with Crippen LogP contribution in [0.5, 0.6) is 0 Å². The molecule has 1 N–H and O–H groups in total. The van der Waals surface area contributed by atoms with Crippen molar-refractivity contribution in [2.45, 2.75) is 25.6 Å². The zero-order chi connectivity index (χ0) is 13.2. The molecule has 1 saturated heterocycles. The average Bonchev–Trinajstić information content (AvgIpc) is 2.37.